The highest BCUT2D eigenvalue weighted by Crippen LogP contribution is 2.51. The van der Waals surface area contributed by atoms with Crippen LogP contribution < -0.4 is 0 Å². The minimum absolute atomic E-state index is 0.0741. The van der Waals surface area contributed by atoms with Crippen molar-refractivity contribution in [1.29, 1.82) is 0 Å². The molecule has 0 radical (unpaired) electrons. The summed E-state index contributed by atoms with van der Waals surface area (Å²) in [6, 6.07) is 0. The van der Waals surface area contributed by atoms with E-state index in [1.54, 1.807) is 0 Å². The van der Waals surface area contributed by atoms with Crippen molar-refractivity contribution in [3.63, 3.8) is 0 Å². The number of hydrogen-bond donors (Lipinski definition) is 0. The molecule has 4 aliphatic carbocycles. The smallest absolute Gasteiger partial charge is 0.194 e. The molecule has 4 rings (SSSR count). The monoisotopic (exact) mass is 264 g/mol. The van der Waals surface area contributed by atoms with E-state index in [-0.39, 0.29) is 11.6 Å². The van der Waals surface area contributed by atoms with E-state index in [0.717, 1.165) is 29.6 Å². The normalized spacial score (nSPS) is 24.3. The number of carbonyl (C=O) groups is 2. The third-order valence-electron chi connectivity index (χ3n) is 4.92. The van der Waals surface area contributed by atoms with Crippen LogP contribution in [0.3, 0.4) is 0 Å². The van der Waals surface area contributed by atoms with E-state index in [9.17, 15) is 9.59 Å². The van der Waals surface area contributed by atoms with Crippen molar-refractivity contribution in [3.05, 3.63) is 56.7 Å². The topological polar surface area (TPSA) is 34.1 Å². The van der Waals surface area contributed by atoms with Crippen molar-refractivity contribution in [2.75, 3.05) is 0 Å². The summed E-state index contributed by atoms with van der Waals surface area (Å²) >= 11 is 0. The number of rotatable bonds is 1. The Morgan fingerprint density at radius 1 is 1.00 bits per heavy atom. The van der Waals surface area contributed by atoms with Gasteiger partial charge in [0.2, 0.25) is 0 Å². The van der Waals surface area contributed by atoms with Crippen molar-refractivity contribution in [2.45, 2.75) is 39.5 Å². The van der Waals surface area contributed by atoms with Crippen molar-refractivity contribution < 1.29 is 9.59 Å². The Kier molecular flexibility index (Phi) is 2.24. The van der Waals surface area contributed by atoms with Crippen LogP contribution in [0.1, 0.15) is 39.5 Å². The number of hydrogen-bond acceptors (Lipinski definition) is 2. The Morgan fingerprint density at radius 3 is 2.55 bits per heavy atom. The first-order valence-electron chi connectivity index (χ1n) is 7.27. The van der Waals surface area contributed by atoms with Gasteiger partial charge in [0.25, 0.3) is 0 Å². The molecule has 2 nitrogen and oxygen atoms in total. The highest BCUT2D eigenvalue weighted by Gasteiger charge is 2.43. The van der Waals surface area contributed by atoms with Crippen LogP contribution in [0.15, 0.2) is 56.7 Å². The van der Waals surface area contributed by atoms with Gasteiger partial charge in [0.1, 0.15) is 0 Å². The fourth-order valence-electron chi connectivity index (χ4n) is 3.98. The number of ketones is 2. The molecule has 0 N–H and O–H groups in total. The van der Waals surface area contributed by atoms with E-state index in [0.29, 0.717) is 24.0 Å². The second kappa shape index (κ2) is 3.78. The summed E-state index contributed by atoms with van der Waals surface area (Å²) in [5.41, 5.74) is 7.86. The molecule has 2 heteroatoms. The molecule has 0 atom stereocenters. The van der Waals surface area contributed by atoms with E-state index in [1.807, 2.05) is 12.2 Å². The molecule has 0 aromatic carbocycles. The van der Waals surface area contributed by atoms with Crippen LogP contribution in [0.25, 0.3) is 0 Å². The third kappa shape index (κ3) is 1.24. The van der Waals surface area contributed by atoms with Crippen LogP contribution in [-0.4, -0.2) is 11.6 Å². The van der Waals surface area contributed by atoms with E-state index in [1.165, 1.54) is 16.7 Å². The number of fused-ring (bicyclic) bond motifs is 2. The second-order valence-electron chi connectivity index (χ2n) is 5.96. The Balaban J connectivity index is 1.92. The summed E-state index contributed by atoms with van der Waals surface area (Å²) in [5.74, 6) is 0.183. The van der Waals surface area contributed by atoms with Crippen molar-refractivity contribution in [3.8, 4) is 0 Å². The summed E-state index contributed by atoms with van der Waals surface area (Å²) in [5, 5.41) is 0. The predicted molar refractivity (Wildman–Crippen MR) is 77.1 cm³/mol. The number of allylic oxidation sites excluding steroid dienone is 10. The molecule has 0 aromatic rings. The van der Waals surface area contributed by atoms with E-state index in [4.69, 9.17) is 0 Å². The SMILES string of the molecule is CCC1=C2CC3=C(C(=O)C4=C(CC=C4)C3=O)C2=C(C)C1. The highest BCUT2D eigenvalue weighted by atomic mass is 16.1. The molecule has 100 valence electrons. The largest absolute Gasteiger partial charge is 0.289 e. The Bertz CT molecular complexity index is 748. The van der Waals surface area contributed by atoms with Crippen LogP contribution in [0.2, 0.25) is 0 Å². The molecular weight excluding hydrogens is 248 g/mol. The molecule has 0 spiro atoms. The third-order valence-corrected chi connectivity index (χ3v) is 4.92. The van der Waals surface area contributed by atoms with Gasteiger partial charge >= 0.3 is 0 Å². The molecule has 4 aliphatic rings. The lowest BCUT2D eigenvalue weighted by Crippen LogP contribution is -2.19. The molecule has 0 bridgehead atoms. The molecular formula is C18H16O2. The number of Topliss-reactive ketones (excluding diaryl/α,β-unsaturated/α-hetero) is 2. The van der Waals surface area contributed by atoms with Gasteiger partial charge in [-0.15, -0.1) is 0 Å². The average Bonchev–Trinajstić information content (AvgIpc) is 3.10. The van der Waals surface area contributed by atoms with Gasteiger partial charge in [-0.05, 0) is 37.3 Å². The van der Waals surface area contributed by atoms with E-state index < -0.39 is 0 Å². The van der Waals surface area contributed by atoms with Gasteiger partial charge in [0.15, 0.2) is 11.6 Å². The molecule has 0 aliphatic heterocycles. The van der Waals surface area contributed by atoms with Crippen molar-refractivity contribution in [2.24, 2.45) is 0 Å². The molecule has 0 amide bonds. The summed E-state index contributed by atoms with van der Waals surface area (Å²) in [6.45, 7) is 4.25. The molecule has 0 fully saturated rings. The van der Waals surface area contributed by atoms with Gasteiger partial charge in [-0.25, -0.2) is 0 Å². The predicted octanol–water partition coefficient (Wildman–Crippen LogP) is 3.52. The fraction of sp³-hybridized carbons (Fsp3) is 0.333. The van der Waals surface area contributed by atoms with Crippen LogP contribution in [-0.2, 0) is 9.59 Å². The first kappa shape index (κ1) is 11.8. The van der Waals surface area contributed by atoms with Gasteiger partial charge in [-0.1, -0.05) is 30.2 Å². The lowest BCUT2D eigenvalue weighted by molar-refractivity contribution is -0.116. The Morgan fingerprint density at radius 2 is 1.80 bits per heavy atom. The van der Waals surface area contributed by atoms with Crippen LogP contribution >= 0.6 is 0 Å². The lowest BCUT2D eigenvalue weighted by Gasteiger charge is -2.15. The quantitative estimate of drug-likeness (QED) is 0.679. The molecule has 0 aromatic heterocycles. The zero-order chi connectivity index (χ0) is 14.0. The van der Waals surface area contributed by atoms with Gasteiger partial charge < -0.3 is 0 Å². The zero-order valence-corrected chi connectivity index (χ0v) is 11.8. The number of carbonyl (C=O) groups excluding carboxylic acids is 2. The Hall–Kier alpha value is -1.96. The maximum atomic E-state index is 12.7. The minimum atomic E-state index is 0.0741. The lowest BCUT2D eigenvalue weighted by atomic mass is 9.85. The first-order valence-corrected chi connectivity index (χ1v) is 7.27. The molecule has 0 saturated carbocycles. The summed E-state index contributed by atoms with van der Waals surface area (Å²) < 4.78 is 0. The minimum Gasteiger partial charge on any atom is -0.289 e. The standard InChI is InChI=1S/C18H16O2/c1-3-10-7-9(2)15-13(10)8-14-16(15)18(20)12-6-4-5-11(12)17(14)19/h4,6H,3,5,7-8H2,1-2H3. The summed E-state index contributed by atoms with van der Waals surface area (Å²) in [7, 11) is 0. The first-order chi connectivity index (χ1) is 9.63. The van der Waals surface area contributed by atoms with Crippen LogP contribution in [0, 0.1) is 0 Å². The average molecular weight is 264 g/mol. The van der Waals surface area contributed by atoms with E-state index in [2.05, 4.69) is 13.8 Å². The fourth-order valence-corrected chi connectivity index (χ4v) is 3.98. The van der Waals surface area contributed by atoms with Gasteiger partial charge in [-0.2, -0.15) is 0 Å². The molecule has 20 heavy (non-hydrogen) atoms. The van der Waals surface area contributed by atoms with Gasteiger partial charge in [-0.3, -0.25) is 9.59 Å². The van der Waals surface area contributed by atoms with E-state index >= 15 is 0 Å². The van der Waals surface area contributed by atoms with Crippen LogP contribution in [0.4, 0.5) is 0 Å². The van der Waals surface area contributed by atoms with Gasteiger partial charge in [0.05, 0.1) is 0 Å². The maximum absolute atomic E-state index is 12.7. The Labute approximate surface area is 118 Å². The molecule has 0 heterocycles. The zero-order valence-electron chi connectivity index (χ0n) is 11.8. The highest BCUT2D eigenvalue weighted by molar-refractivity contribution is 6.30. The van der Waals surface area contributed by atoms with Crippen molar-refractivity contribution in [1.82, 2.24) is 0 Å². The summed E-state index contributed by atoms with van der Waals surface area (Å²) in [6.07, 6.45) is 7.02. The molecule has 0 saturated heterocycles. The molecule has 0 unspecified atom stereocenters. The summed E-state index contributed by atoms with van der Waals surface area (Å²) in [4.78, 5) is 25.4. The second-order valence-corrected chi connectivity index (χ2v) is 5.96. The maximum Gasteiger partial charge on any atom is 0.194 e. The van der Waals surface area contributed by atoms with Gasteiger partial charge in [0, 0.05) is 28.7 Å². The van der Waals surface area contributed by atoms with Crippen LogP contribution in [0.5, 0.6) is 0 Å². The van der Waals surface area contributed by atoms with Crippen molar-refractivity contribution >= 4 is 11.6 Å².